The van der Waals surface area contributed by atoms with Crippen LogP contribution in [0.25, 0.3) is 0 Å². The molecular weight excluding hydrogens is 318 g/mol. The quantitative estimate of drug-likeness (QED) is 0.892. The minimum atomic E-state index is -0.406. The van der Waals surface area contributed by atoms with Crippen molar-refractivity contribution in [2.45, 2.75) is 13.2 Å². The van der Waals surface area contributed by atoms with Gasteiger partial charge in [0.2, 0.25) is 0 Å². The van der Waals surface area contributed by atoms with Crippen molar-refractivity contribution in [3.8, 4) is 11.5 Å². The van der Waals surface area contributed by atoms with E-state index in [1.54, 1.807) is 18.2 Å². The Morgan fingerprint density at radius 2 is 1.76 bits per heavy atom. The molecule has 3 nitrogen and oxygen atoms in total. The predicted molar refractivity (Wildman–Crippen MR) is 79.7 cm³/mol. The van der Waals surface area contributed by atoms with E-state index in [9.17, 15) is 4.39 Å². The van der Waals surface area contributed by atoms with Crippen molar-refractivity contribution < 1.29 is 19.0 Å². The highest BCUT2D eigenvalue weighted by atomic mass is 35.5. The number of aliphatic hydroxyl groups excluding tert-OH is 1. The molecule has 0 saturated heterocycles. The van der Waals surface area contributed by atoms with E-state index in [0.717, 1.165) is 0 Å². The summed E-state index contributed by atoms with van der Waals surface area (Å²) < 4.78 is 23.8. The van der Waals surface area contributed by atoms with Gasteiger partial charge in [0.05, 0.1) is 23.8 Å². The molecule has 0 spiro atoms. The lowest BCUT2D eigenvalue weighted by Gasteiger charge is -2.13. The van der Waals surface area contributed by atoms with E-state index in [0.29, 0.717) is 27.6 Å². The SMILES string of the molecule is COc1cc(CO)c(Cl)cc1OCc1ccc(F)cc1Cl. The van der Waals surface area contributed by atoms with Crippen molar-refractivity contribution >= 4 is 23.2 Å². The molecular formula is C15H13Cl2FO3. The first-order valence-corrected chi connectivity index (χ1v) is 6.84. The minimum Gasteiger partial charge on any atom is -0.493 e. The Morgan fingerprint density at radius 3 is 2.38 bits per heavy atom. The molecule has 0 bridgehead atoms. The van der Waals surface area contributed by atoms with Crippen LogP contribution >= 0.6 is 23.2 Å². The van der Waals surface area contributed by atoms with E-state index in [1.165, 1.54) is 19.2 Å². The number of benzene rings is 2. The van der Waals surface area contributed by atoms with Gasteiger partial charge in [-0.2, -0.15) is 0 Å². The molecule has 2 rings (SSSR count). The Hall–Kier alpha value is -1.49. The summed E-state index contributed by atoms with van der Waals surface area (Å²) in [6.07, 6.45) is 0. The number of rotatable bonds is 5. The molecule has 2 aromatic carbocycles. The van der Waals surface area contributed by atoms with Crippen LogP contribution in [0, 0.1) is 5.82 Å². The second kappa shape index (κ2) is 6.98. The molecule has 0 heterocycles. The molecule has 0 amide bonds. The second-order valence-corrected chi connectivity index (χ2v) is 5.09. The van der Waals surface area contributed by atoms with Crippen molar-refractivity contribution in [3.05, 3.63) is 57.3 Å². The van der Waals surface area contributed by atoms with Crippen LogP contribution in [-0.2, 0) is 13.2 Å². The second-order valence-electron chi connectivity index (χ2n) is 4.28. The van der Waals surface area contributed by atoms with E-state index in [-0.39, 0.29) is 18.2 Å². The zero-order valence-electron chi connectivity index (χ0n) is 11.2. The van der Waals surface area contributed by atoms with Crippen molar-refractivity contribution in [2.75, 3.05) is 7.11 Å². The molecule has 1 N–H and O–H groups in total. The van der Waals surface area contributed by atoms with Crippen LogP contribution in [0.1, 0.15) is 11.1 Å². The fraction of sp³-hybridized carbons (Fsp3) is 0.200. The summed E-state index contributed by atoms with van der Waals surface area (Å²) in [5, 5.41) is 9.82. The lowest BCUT2D eigenvalue weighted by Crippen LogP contribution is -2.00. The molecule has 0 fully saturated rings. The molecule has 2 aromatic rings. The van der Waals surface area contributed by atoms with Crippen LogP contribution in [0.4, 0.5) is 4.39 Å². The zero-order valence-corrected chi connectivity index (χ0v) is 12.7. The maximum absolute atomic E-state index is 13.0. The van der Waals surface area contributed by atoms with Crippen LogP contribution in [-0.4, -0.2) is 12.2 Å². The summed E-state index contributed by atoms with van der Waals surface area (Å²) in [6.45, 7) is -0.0520. The van der Waals surface area contributed by atoms with Gasteiger partial charge in [0.25, 0.3) is 0 Å². The predicted octanol–water partition coefficient (Wildman–Crippen LogP) is 4.21. The summed E-state index contributed by atoms with van der Waals surface area (Å²) >= 11 is 12.0. The Labute approximate surface area is 131 Å². The third-order valence-corrected chi connectivity index (χ3v) is 3.60. The van der Waals surface area contributed by atoms with Gasteiger partial charge in [-0.3, -0.25) is 0 Å². The third-order valence-electron chi connectivity index (χ3n) is 2.90. The monoisotopic (exact) mass is 330 g/mol. The summed E-state index contributed by atoms with van der Waals surface area (Å²) in [6, 6.07) is 7.24. The molecule has 21 heavy (non-hydrogen) atoms. The average molecular weight is 331 g/mol. The summed E-state index contributed by atoms with van der Waals surface area (Å²) in [7, 11) is 1.49. The summed E-state index contributed by atoms with van der Waals surface area (Å²) in [4.78, 5) is 0. The Kier molecular flexibility index (Phi) is 5.28. The molecule has 0 atom stereocenters. The van der Waals surface area contributed by atoms with Crippen LogP contribution in [0.2, 0.25) is 10.0 Å². The highest BCUT2D eigenvalue weighted by Gasteiger charge is 2.11. The smallest absolute Gasteiger partial charge is 0.163 e. The number of methoxy groups -OCH3 is 1. The summed E-state index contributed by atoms with van der Waals surface area (Å²) in [5.41, 5.74) is 1.18. The Bertz CT molecular complexity index is 647. The van der Waals surface area contributed by atoms with Crippen molar-refractivity contribution in [3.63, 3.8) is 0 Å². The van der Waals surface area contributed by atoms with Gasteiger partial charge in [-0.05, 0) is 23.8 Å². The average Bonchev–Trinajstić information content (AvgIpc) is 2.46. The van der Waals surface area contributed by atoms with Gasteiger partial charge in [0, 0.05) is 11.6 Å². The van der Waals surface area contributed by atoms with E-state index in [1.807, 2.05) is 0 Å². The van der Waals surface area contributed by atoms with Crippen LogP contribution in [0.5, 0.6) is 11.5 Å². The fourth-order valence-corrected chi connectivity index (χ4v) is 2.20. The van der Waals surface area contributed by atoms with E-state index in [2.05, 4.69) is 0 Å². The van der Waals surface area contributed by atoms with E-state index < -0.39 is 5.82 Å². The number of hydrogen-bond donors (Lipinski definition) is 1. The number of ether oxygens (including phenoxy) is 2. The molecule has 0 saturated carbocycles. The first-order valence-electron chi connectivity index (χ1n) is 6.09. The van der Waals surface area contributed by atoms with Gasteiger partial charge < -0.3 is 14.6 Å². The van der Waals surface area contributed by atoms with Gasteiger partial charge >= 0.3 is 0 Å². The van der Waals surface area contributed by atoms with Gasteiger partial charge in [0.1, 0.15) is 12.4 Å². The number of aliphatic hydroxyl groups is 1. The highest BCUT2D eigenvalue weighted by Crippen LogP contribution is 2.34. The molecule has 6 heteroatoms. The standard InChI is InChI=1S/C15H13Cl2FO3/c1-20-14-4-10(7-19)13(17)6-15(14)21-8-9-2-3-11(18)5-12(9)16/h2-6,19H,7-8H2,1H3. The molecule has 0 radical (unpaired) electrons. The lowest BCUT2D eigenvalue weighted by atomic mass is 10.2. The van der Waals surface area contributed by atoms with E-state index >= 15 is 0 Å². The Morgan fingerprint density at radius 1 is 1.05 bits per heavy atom. The lowest BCUT2D eigenvalue weighted by molar-refractivity contribution is 0.274. The highest BCUT2D eigenvalue weighted by molar-refractivity contribution is 6.31. The van der Waals surface area contributed by atoms with Crippen LogP contribution in [0.15, 0.2) is 30.3 Å². The number of hydrogen-bond acceptors (Lipinski definition) is 3. The molecule has 0 unspecified atom stereocenters. The largest absolute Gasteiger partial charge is 0.493 e. The zero-order chi connectivity index (χ0) is 15.4. The maximum Gasteiger partial charge on any atom is 0.163 e. The topological polar surface area (TPSA) is 38.7 Å². The molecule has 0 aromatic heterocycles. The van der Waals surface area contributed by atoms with Crippen molar-refractivity contribution in [1.29, 1.82) is 0 Å². The van der Waals surface area contributed by atoms with Crippen LogP contribution < -0.4 is 9.47 Å². The molecule has 0 aliphatic rings. The minimum absolute atomic E-state index is 0.143. The number of halogens is 3. The first kappa shape index (κ1) is 15.9. The fourth-order valence-electron chi connectivity index (χ4n) is 1.76. The van der Waals surface area contributed by atoms with Crippen molar-refractivity contribution in [2.24, 2.45) is 0 Å². The van der Waals surface area contributed by atoms with E-state index in [4.69, 9.17) is 37.8 Å². The Balaban J connectivity index is 2.21. The van der Waals surface area contributed by atoms with Gasteiger partial charge in [-0.25, -0.2) is 4.39 Å². The third kappa shape index (κ3) is 3.79. The maximum atomic E-state index is 13.0. The van der Waals surface area contributed by atoms with Crippen LogP contribution in [0.3, 0.4) is 0 Å². The molecule has 0 aliphatic carbocycles. The van der Waals surface area contributed by atoms with Gasteiger partial charge in [-0.1, -0.05) is 29.3 Å². The normalized spacial score (nSPS) is 10.5. The summed E-state index contributed by atoms with van der Waals surface area (Å²) in [5.74, 6) is 0.457. The first-order chi connectivity index (χ1) is 10.0. The van der Waals surface area contributed by atoms with Gasteiger partial charge in [0.15, 0.2) is 11.5 Å². The molecule has 0 aliphatic heterocycles. The van der Waals surface area contributed by atoms with Crippen molar-refractivity contribution in [1.82, 2.24) is 0 Å². The van der Waals surface area contributed by atoms with Gasteiger partial charge in [-0.15, -0.1) is 0 Å². The molecule has 112 valence electrons.